The third-order valence-electron chi connectivity index (χ3n) is 2.79. The van der Waals surface area contributed by atoms with Crippen LogP contribution in [0.2, 0.25) is 0 Å². The van der Waals surface area contributed by atoms with Gasteiger partial charge in [0.25, 0.3) is 0 Å². The van der Waals surface area contributed by atoms with Gasteiger partial charge in [0.2, 0.25) is 5.91 Å². The van der Waals surface area contributed by atoms with E-state index >= 15 is 0 Å². The Hall–Kier alpha value is -1.57. The predicted molar refractivity (Wildman–Crippen MR) is 60.2 cm³/mol. The van der Waals surface area contributed by atoms with Crippen molar-refractivity contribution in [1.82, 2.24) is 4.90 Å². The number of likely N-dealkylation sites (tertiary alicyclic amines) is 1. The third kappa shape index (κ3) is 2.27. The molecule has 1 aromatic carbocycles. The zero-order chi connectivity index (χ0) is 10.7. The van der Waals surface area contributed by atoms with Gasteiger partial charge in [0.1, 0.15) is 0 Å². The molecular formula is C13H15NO. The van der Waals surface area contributed by atoms with E-state index in [4.69, 9.17) is 0 Å². The van der Waals surface area contributed by atoms with Crippen LogP contribution in [-0.4, -0.2) is 17.4 Å². The molecule has 0 aromatic heterocycles. The first-order valence-corrected chi connectivity index (χ1v) is 5.24. The molecule has 1 heterocycles. The lowest BCUT2D eigenvalue weighted by Gasteiger charge is -2.15. The summed E-state index contributed by atoms with van der Waals surface area (Å²) in [6.45, 7) is 5.28. The Bertz CT molecular complexity index is 358. The van der Waals surface area contributed by atoms with E-state index in [2.05, 4.69) is 18.7 Å². The number of amides is 1. The van der Waals surface area contributed by atoms with Gasteiger partial charge >= 0.3 is 0 Å². The van der Waals surface area contributed by atoms with Crippen LogP contribution < -0.4 is 0 Å². The lowest BCUT2D eigenvalue weighted by molar-refractivity contribution is -0.128. The first-order chi connectivity index (χ1) is 7.29. The van der Waals surface area contributed by atoms with Gasteiger partial charge in [-0.25, -0.2) is 0 Å². The van der Waals surface area contributed by atoms with Gasteiger partial charge in [-0.05, 0) is 5.56 Å². The molecule has 0 aliphatic carbocycles. The van der Waals surface area contributed by atoms with Crippen LogP contribution >= 0.6 is 0 Å². The molecule has 1 amide bonds. The average Bonchev–Trinajstić information content (AvgIpc) is 2.61. The van der Waals surface area contributed by atoms with Gasteiger partial charge in [0, 0.05) is 25.4 Å². The second-order valence-electron chi connectivity index (χ2n) is 3.96. The summed E-state index contributed by atoms with van der Waals surface area (Å²) in [7, 11) is 0. The fourth-order valence-electron chi connectivity index (χ4n) is 1.92. The maximum atomic E-state index is 11.6. The van der Waals surface area contributed by atoms with Gasteiger partial charge in [-0.3, -0.25) is 4.79 Å². The molecule has 1 aliphatic heterocycles. The zero-order valence-corrected chi connectivity index (χ0v) is 8.73. The minimum absolute atomic E-state index is 0.240. The van der Waals surface area contributed by atoms with E-state index < -0.39 is 0 Å². The summed E-state index contributed by atoms with van der Waals surface area (Å²) >= 11 is 0. The summed E-state index contributed by atoms with van der Waals surface area (Å²) in [6, 6.07) is 10.1. The maximum Gasteiger partial charge on any atom is 0.223 e. The summed E-state index contributed by atoms with van der Waals surface area (Å²) in [5.41, 5.74) is 1.19. The Morgan fingerprint density at radius 1 is 1.40 bits per heavy atom. The number of hydrogen-bond acceptors (Lipinski definition) is 1. The van der Waals surface area contributed by atoms with Crippen molar-refractivity contribution in [2.45, 2.75) is 13.0 Å². The first kappa shape index (κ1) is 9.97. The lowest BCUT2D eigenvalue weighted by atomic mass is 10.1. The molecule has 1 aliphatic rings. The number of nitrogens with zero attached hydrogens (tertiary/aromatic N) is 1. The van der Waals surface area contributed by atoms with E-state index in [0.717, 1.165) is 13.1 Å². The number of carbonyl (C=O) groups is 1. The van der Waals surface area contributed by atoms with Gasteiger partial charge in [-0.2, -0.15) is 0 Å². The van der Waals surface area contributed by atoms with Crippen molar-refractivity contribution in [1.29, 1.82) is 0 Å². The van der Waals surface area contributed by atoms with E-state index in [1.807, 2.05) is 29.2 Å². The lowest BCUT2D eigenvalue weighted by Crippen LogP contribution is -2.24. The van der Waals surface area contributed by atoms with E-state index in [-0.39, 0.29) is 5.91 Å². The zero-order valence-electron chi connectivity index (χ0n) is 8.73. The van der Waals surface area contributed by atoms with E-state index in [1.54, 1.807) is 0 Å². The van der Waals surface area contributed by atoms with Crippen LogP contribution in [0.15, 0.2) is 43.0 Å². The number of rotatable bonds is 3. The average molecular weight is 201 g/mol. The van der Waals surface area contributed by atoms with Crippen LogP contribution in [0, 0.1) is 5.92 Å². The Labute approximate surface area is 90.2 Å². The van der Waals surface area contributed by atoms with Crippen molar-refractivity contribution in [3.8, 4) is 0 Å². The third-order valence-corrected chi connectivity index (χ3v) is 2.79. The molecule has 1 aromatic rings. The molecule has 2 nitrogen and oxygen atoms in total. The van der Waals surface area contributed by atoms with Crippen molar-refractivity contribution in [3.05, 3.63) is 48.6 Å². The van der Waals surface area contributed by atoms with Gasteiger partial charge in [-0.1, -0.05) is 36.4 Å². The van der Waals surface area contributed by atoms with Crippen LogP contribution in [0.25, 0.3) is 0 Å². The van der Waals surface area contributed by atoms with E-state index in [1.165, 1.54) is 5.56 Å². The molecule has 1 fully saturated rings. The standard InChI is InChI=1S/C13H15NO/c1-2-11-8-13(15)14(9-11)10-12-6-4-3-5-7-12/h2-7,11H,1,8-10H2. The number of carbonyl (C=O) groups excluding carboxylic acids is 1. The Morgan fingerprint density at radius 3 is 2.73 bits per heavy atom. The second kappa shape index (κ2) is 4.30. The molecule has 2 rings (SSSR count). The molecule has 0 bridgehead atoms. The van der Waals surface area contributed by atoms with Crippen LogP contribution in [0.5, 0.6) is 0 Å². The highest BCUT2D eigenvalue weighted by Gasteiger charge is 2.27. The van der Waals surface area contributed by atoms with Crippen LogP contribution in [0.4, 0.5) is 0 Å². The van der Waals surface area contributed by atoms with Crippen LogP contribution in [-0.2, 0) is 11.3 Å². The maximum absolute atomic E-state index is 11.6. The first-order valence-electron chi connectivity index (χ1n) is 5.24. The van der Waals surface area contributed by atoms with Crippen molar-refractivity contribution >= 4 is 5.91 Å². The van der Waals surface area contributed by atoms with Crippen molar-refractivity contribution in [2.75, 3.05) is 6.54 Å². The van der Waals surface area contributed by atoms with Crippen LogP contribution in [0.3, 0.4) is 0 Å². The molecule has 1 unspecified atom stereocenters. The summed E-state index contributed by atoms with van der Waals surface area (Å²) < 4.78 is 0. The highest BCUT2D eigenvalue weighted by Crippen LogP contribution is 2.20. The Morgan fingerprint density at radius 2 is 2.13 bits per heavy atom. The van der Waals surface area contributed by atoms with Gasteiger partial charge < -0.3 is 4.90 Å². The second-order valence-corrected chi connectivity index (χ2v) is 3.96. The van der Waals surface area contributed by atoms with Gasteiger partial charge in [-0.15, -0.1) is 6.58 Å². The Balaban J connectivity index is 2.01. The molecule has 78 valence electrons. The van der Waals surface area contributed by atoms with E-state index in [9.17, 15) is 4.79 Å². The summed E-state index contributed by atoms with van der Waals surface area (Å²) in [6.07, 6.45) is 2.50. The predicted octanol–water partition coefficient (Wildman–Crippen LogP) is 2.22. The molecule has 0 N–H and O–H groups in total. The topological polar surface area (TPSA) is 20.3 Å². The molecular weight excluding hydrogens is 186 g/mol. The quantitative estimate of drug-likeness (QED) is 0.687. The molecule has 15 heavy (non-hydrogen) atoms. The molecule has 1 saturated heterocycles. The highest BCUT2D eigenvalue weighted by atomic mass is 16.2. The highest BCUT2D eigenvalue weighted by molar-refractivity contribution is 5.78. The van der Waals surface area contributed by atoms with Crippen molar-refractivity contribution < 1.29 is 4.79 Å². The smallest absolute Gasteiger partial charge is 0.223 e. The van der Waals surface area contributed by atoms with Crippen molar-refractivity contribution in [2.24, 2.45) is 5.92 Å². The number of benzene rings is 1. The summed E-state index contributed by atoms with van der Waals surface area (Å²) in [5.74, 6) is 0.574. The SMILES string of the molecule is C=CC1CC(=O)N(Cc2ccccc2)C1. The minimum Gasteiger partial charge on any atom is -0.338 e. The van der Waals surface area contributed by atoms with E-state index in [0.29, 0.717) is 12.3 Å². The molecule has 2 heteroatoms. The summed E-state index contributed by atoms with van der Waals surface area (Å²) in [4.78, 5) is 13.5. The molecule has 0 spiro atoms. The van der Waals surface area contributed by atoms with Crippen molar-refractivity contribution in [3.63, 3.8) is 0 Å². The minimum atomic E-state index is 0.240. The molecule has 0 radical (unpaired) electrons. The normalized spacial score (nSPS) is 20.7. The van der Waals surface area contributed by atoms with Gasteiger partial charge in [0.05, 0.1) is 0 Å². The monoisotopic (exact) mass is 201 g/mol. The molecule has 0 saturated carbocycles. The Kier molecular flexibility index (Phi) is 2.86. The largest absolute Gasteiger partial charge is 0.338 e. The fourth-order valence-corrected chi connectivity index (χ4v) is 1.92. The van der Waals surface area contributed by atoms with Crippen LogP contribution in [0.1, 0.15) is 12.0 Å². The summed E-state index contributed by atoms with van der Waals surface area (Å²) in [5, 5.41) is 0. The number of hydrogen-bond donors (Lipinski definition) is 0. The van der Waals surface area contributed by atoms with Gasteiger partial charge in [0.15, 0.2) is 0 Å². The fraction of sp³-hybridized carbons (Fsp3) is 0.308. The molecule has 1 atom stereocenters.